The fraction of sp³-hybridized carbons (Fsp3) is 0.133. The van der Waals surface area contributed by atoms with Crippen LogP contribution in [-0.2, 0) is 4.74 Å². The summed E-state index contributed by atoms with van der Waals surface area (Å²) in [7, 11) is 1.54. The number of benzene rings is 2. The van der Waals surface area contributed by atoms with Crippen LogP contribution < -0.4 is 4.74 Å². The first kappa shape index (κ1) is 13.8. The minimum Gasteiger partial charge on any atom is -0.466 e. The smallest absolute Gasteiger partial charge is 0.196 e. The van der Waals surface area contributed by atoms with Crippen LogP contribution in [0.4, 0.5) is 0 Å². The molecule has 2 aromatic rings. The molecule has 0 aliphatic carbocycles. The van der Waals surface area contributed by atoms with Gasteiger partial charge in [-0.25, -0.2) is 0 Å². The van der Waals surface area contributed by atoms with E-state index in [-0.39, 0.29) is 12.6 Å². The van der Waals surface area contributed by atoms with E-state index in [4.69, 9.17) is 9.47 Å². The average molecular weight is 321 g/mol. The van der Waals surface area contributed by atoms with Gasteiger partial charge in [0.25, 0.3) is 0 Å². The highest BCUT2D eigenvalue weighted by Crippen LogP contribution is 2.30. The molecule has 2 aromatic carbocycles. The largest absolute Gasteiger partial charge is 0.466 e. The van der Waals surface area contributed by atoms with E-state index in [1.807, 2.05) is 24.3 Å². The SMILES string of the molecule is COCOc1c(Br)cccc1C(=O)c1ccccc1. The lowest BCUT2D eigenvalue weighted by Crippen LogP contribution is -2.07. The van der Waals surface area contributed by atoms with Crippen LogP contribution in [0, 0.1) is 0 Å². The Kier molecular flexibility index (Phi) is 4.71. The Bertz CT molecular complexity index is 567. The van der Waals surface area contributed by atoms with Crippen LogP contribution in [0.25, 0.3) is 0 Å². The molecule has 0 atom stereocenters. The summed E-state index contributed by atoms with van der Waals surface area (Å²) in [5, 5.41) is 0. The molecule has 0 fully saturated rings. The first-order chi connectivity index (χ1) is 9.24. The molecule has 0 N–H and O–H groups in total. The molecule has 0 bridgehead atoms. The van der Waals surface area contributed by atoms with Crippen LogP contribution in [0.3, 0.4) is 0 Å². The summed E-state index contributed by atoms with van der Waals surface area (Å²) in [5.41, 5.74) is 1.14. The Hall–Kier alpha value is -1.65. The highest BCUT2D eigenvalue weighted by atomic mass is 79.9. The predicted octanol–water partition coefficient (Wildman–Crippen LogP) is 3.66. The summed E-state index contributed by atoms with van der Waals surface area (Å²) >= 11 is 3.39. The van der Waals surface area contributed by atoms with E-state index >= 15 is 0 Å². The first-order valence-electron chi connectivity index (χ1n) is 5.74. The molecule has 0 saturated heterocycles. The number of carbonyl (C=O) groups excluding carboxylic acids is 1. The molecule has 0 amide bonds. The number of carbonyl (C=O) groups is 1. The van der Waals surface area contributed by atoms with Crippen molar-refractivity contribution in [1.29, 1.82) is 0 Å². The quantitative estimate of drug-likeness (QED) is 0.623. The van der Waals surface area contributed by atoms with Gasteiger partial charge >= 0.3 is 0 Å². The molecule has 98 valence electrons. The van der Waals surface area contributed by atoms with Gasteiger partial charge in [0.05, 0.1) is 10.0 Å². The summed E-state index contributed by atoms with van der Waals surface area (Å²) in [6.45, 7) is 0.0949. The lowest BCUT2D eigenvalue weighted by molar-refractivity contribution is 0.0498. The third kappa shape index (κ3) is 3.22. The van der Waals surface area contributed by atoms with Gasteiger partial charge in [0, 0.05) is 12.7 Å². The Morgan fingerprint density at radius 2 is 1.84 bits per heavy atom. The van der Waals surface area contributed by atoms with E-state index in [9.17, 15) is 4.79 Å². The van der Waals surface area contributed by atoms with Crippen molar-refractivity contribution < 1.29 is 14.3 Å². The summed E-state index contributed by atoms with van der Waals surface area (Å²) in [5.74, 6) is 0.422. The van der Waals surface area contributed by atoms with Crippen molar-refractivity contribution in [1.82, 2.24) is 0 Å². The lowest BCUT2D eigenvalue weighted by atomic mass is 10.0. The van der Waals surface area contributed by atoms with Gasteiger partial charge in [-0.2, -0.15) is 0 Å². The van der Waals surface area contributed by atoms with Crippen molar-refractivity contribution in [3.05, 3.63) is 64.1 Å². The summed E-state index contributed by atoms with van der Waals surface area (Å²) < 4.78 is 11.1. The number of halogens is 1. The van der Waals surface area contributed by atoms with Gasteiger partial charge in [-0.1, -0.05) is 36.4 Å². The second-order valence-corrected chi connectivity index (χ2v) is 4.72. The Balaban J connectivity index is 2.39. The van der Waals surface area contributed by atoms with Crippen molar-refractivity contribution in [2.75, 3.05) is 13.9 Å². The zero-order chi connectivity index (χ0) is 13.7. The summed E-state index contributed by atoms with van der Waals surface area (Å²) in [6, 6.07) is 14.5. The minimum absolute atomic E-state index is 0.0759. The third-order valence-corrected chi connectivity index (χ3v) is 3.19. The van der Waals surface area contributed by atoms with E-state index in [0.717, 1.165) is 4.47 Å². The van der Waals surface area contributed by atoms with Crippen molar-refractivity contribution in [3.8, 4) is 5.75 Å². The van der Waals surface area contributed by atoms with Gasteiger partial charge < -0.3 is 9.47 Å². The van der Waals surface area contributed by atoms with Gasteiger partial charge in [0.2, 0.25) is 0 Å². The molecule has 2 rings (SSSR count). The van der Waals surface area contributed by atoms with Gasteiger partial charge in [0.15, 0.2) is 12.6 Å². The van der Waals surface area contributed by atoms with Crippen molar-refractivity contribution in [2.24, 2.45) is 0 Å². The maximum Gasteiger partial charge on any atom is 0.196 e. The number of hydrogen-bond acceptors (Lipinski definition) is 3. The number of ether oxygens (including phenoxy) is 2. The summed E-state index contributed by atoms with van der Waals surface area (Å²) in [4.78, 5) is 12.4. The van der Waals surface area contributed by atoms with E-state index < -0.39 is 0 Å². The Morgan fingerprint density at radius 1 is 1.11 bits per heavy atom. The fourth-order valence-corrected chi connectivity index (χ4v) is 2.18. The van der Waals surface area contributed by atoms with Crippen LogP contribution in [0.1, 0.15) is 15.9 Å². The van der Waals surface area contributed by atoms with Gasteiger partial charge in [-0.15, -0.1) is 0 Å². The fourth-order valence-electron chi connectivity index (χ4n) is 1.70. The zero-order valence-electron chi connectivity index (χ0n) is 10.4. The molecule has 4 heteroatoms. The molecule has 0 aromatic heterocycles. The van der Waals surface area contributed by atoms with Crippen molar-refractivity contribution in [2.45, 2.75) is 0 Å². The topological polar surface area (TPSA) is 35.5 Å². The molecular weight excluding hydrogens is 308 g/mol. The number of rotatable bonds is 5. The first-order valence-corrected chi connectivity index (χ1v) is 6.53. The van der Waals surface area contributed by atoms with Crippen LogP contribution in [0.15, 0.2) is 53.0 Å². The molecule has 0 unspecified atom stereocenters. The number of hydrogen-bond donors (Lipinski definition) is 0. The van der Waals surface area contributed by atoms with Crippen LogP contribution in [0.5, 0.6) is 5.75 Å². The van der Waals surface area contributed by atoms with Crippen LogP contribution in [0.2, 0.25) is 0 Å². The Morgan fingerprint density at radius 3 is 2.53 bits per heavy atom. The zero-order valence-corrected chi connectivity index (χ0v) is 12.0. The van der Waals surface area contributed by atoms with E-state index in [0.29, 0.717) is 16.9 Å². The maximum atomic E-state index is 12.4. The highest BCUT2D eigenvalue weighted by molar-refractivity contribution is 9.10. The van der Waals surface area contributed by atoms with Gasteiger partial charge in [0.1, 0.15) is 5.75 Å². The van der Waals surface area contributed by atoms with E-state index in [1.165, 1.54) is 7.11 Å². The van der Waals surface area contributed by atoms with Crippen molar-refractivity contribution in [3.63, 3.8) is 0 Å². The molecule has 0 saturated carbocycles. The Labute approximate surface area is 120 Å². The molecule has 0 aliphatic heterocycles. The van der Waals surface area contributed by atoms with Gasteiger partial charge in [-0.05, 0) is 28.1 Å². The van der Waals surface area contributed by atoms with E-state index in [2.05, 4.69) is 15.9 Å². The standard InChI is InChI=1S/C15H13BrO3/c1-18-10-19-15-12(8-5-9-13(15)16)14(17)11-6-3-2-4-7-11/h2-9H,10H2,1H3. The predicted molar refractivity (Wildman–Crippen MR) is 76.5 cm³/mol. The normalized spacial score (nSPS) is 10.2. The highest BCUT2D eigenvalue weighted by Gasteiger charge is 2.16. The number of para-hydroxylation sites is 1. The lowest BCUT2D eigenvalue weighted by Gasteiger charge is -2.11. The van der Waals surface area contributed by atoms with E-state index in [1.54, 1.807) is 24.3 Å². The molecule has 19 heavy (non-hydrogen) atoms. The molecule has 0 spiro atoms. The van der Waals surface area contributed by atoms with Crippen LogP contribution >= 0.6 is 15.9 Å². The molecule has 0 heterocycles. The monoisotopic (exact) mass is 320 g/mol. The van der Waals surface area contributed by atoms with Crippen LogP contribution in [-0.4, -0.2) is 19.7 Å². The minimum atomic E-state index is -0.0759. The second kappa shape index (κ2) is 6.50. The molecular formula is C15H13BrO3. The molecule has 0 aliphatic rings. The molecule has 0 radical (unpaired) electrons. The second-order valence-electron chi connectivity index (χ2n) is 3.86. The summed E-state index contributed by atoms with van der Waals surface area (Å²) in [6.07, 6.45) is 0. The number of ketones is 1. The molecule has 3 nitrogen and oxygen atoms in total. The van der Waals surface area contributed by atoms with Gasteiger partial charge in [-0.3, -0.25) is 4.79 Å². The number of methoxy groups -OCH3 is 1. The third-order valence-electron chi connectivity index (χ3n) is 2.57. The maximum absolute atomic E-state index is 12.4. The average Bonchev–Trinajstić information content (AvgIpc) is 2.46. The van der Waals surface area contributed by atoms with Crippen molar-refractivity contribution >= 4 is 21.7 Å².